The van der Waals surface area contributed by atoms with Crippen LogP contribution in [0.1, 0.15) is 12.5 Å². The SMILES string of the molecule is CCN(Cc1cnc(Cl)cc1Cl)C(=C[N+](=O)[O-])NC. The van der Waals surface area contributed by atoms with Crippen molar-refractivity contribution in [3.63, 3.8) is 0 Å². The lowest BCUT2D eigenvalue weighted by Gasteiger charge is -2.24. The number of halogens is 2. The molecule has 0 saturated carbocycles. The average molecular weight is 305 g/mol. The zero-order valence-corrected chi connectivity index (χ0v) is 12.1. The highest BCUT2D eigenvalue weighted by molar-refractivity contribution is 6.34. The Morgan fingerprint density at radius 3 is 2.79 bits per heavy atom. The average Bonchev–Trinajstić information content (AvgIpc) is 2.35. The van der Waals surface area contributed by atoms with Gasteiger partial charge in [-0.15, -0.1) is 0 Å². The molecule has 1 rings (SSSR count). The highest BCUT2D eigenvalue weighted by Gasteiger charge is 2.13. The molecular weight excluding hydrogens is 291 g/mol. The van der Waals surface area contributed by atoms with Crippen LogP contribution in [0.5, 0.6) is 0 Å². The molecule has 0 aliphatic rings. The van der Waals surface area contributed by atoms with Crippen LogP contribution in [0, 0.1) is 10.1 Å². The molecule has 104 valence electrons. The Kier molecular flexibility index (Phi) is 5.85. The Morgan fingerprint density at radius 2 is 2.32 bits per heavy atom. The van der Waals surface area contributed by atoms with Crippen molar-refractivity contribution in [2.24, 2.45) is 0 Å². The molecule has 0 fully saturated rings. The van der Waals surface area contributed by atoms with Gasteiger partial charge in [0.1, 0.15) is 5.15 Å². The van der Waals surface area contributed by atoms with Crippen molar-refractivity contribution in [2.45, 2.75) is 13.5 Å². The summed E-state index contributed by atoms with van der Waals surface area (Å²) in [5.41, 5.74) is 0.748. The second-order valence-electron chi connectivity index (χ2n) is 3.66. The smallest absolute Gasteiger partial charge is 0.274 e. The van der Waals surface area contributed by atoms with Gasteiger partial charge in [-0.3, -0.25) is 10.1 Å². The summed E-state index contributed by atoms with van der Waals surface area (Å²) in [5.74, 6) is 0.401. The van der Waals surface area contributed by atoms with E-state index in [-0.39, 0.29) is 0 Å². The zero-order chi connectivity index (χ0) is 14.4. The van der Waals surface area contributed by atoms with E-state index in [0.29, 0.717) is 29.1 Å². The first kappa shape index (κ1) is 15.5. The Morgan fingerprint density at radius 1 is 1.63 bits per heavy atom. The summed E-state index contributed by atoms with van der Waals surface area (Å²) in [4.78, 5) is 15.8. The molecule has 6 nitrogen and oxygen atoms in total. The van der Waals surface area contributed by atoms with E-state index in [4.69, 9.17) is 23.2 Å². The summed E-state index contributed by atoms with van der Waals surface area (Å²) in [7, 11) is 1.62. The van der Waals surface area contributed by atoms with Crippen molar-refractivity contribution in [3.8, 4) is 0 Å². The third-order valence-electron chi connectivity index (χ3n) is 2.46. The molecule has 0 amide bonds. The maximum absolute atomic E-state index is 10.6. The molecule has 8 heteroatoms. The predicted molar refractivity (Wildman–Crippen MR) is 74.5 cm³/mol. The van der Waals surface area contributed by atoms with Crippen LogP contribution in [0.15, 0.2) is 24.3 Å². The second-order valence-corrected chi connectivity index (χ2v) is 4.46. The fourth-order valence-corrected chi connectivity index (χ4v) is 1.95. The van der Waals surface area contributed by atoms with Gasteiger partial charge in [0.15, 0.2) is 5.82 Å². The largest absolute Gasteiger partial charge is 0.370 e. The number of nitro groups is 1. The molecule has 0 aliphatic heterocycles. The molecule has 0 spiro atoms. The van der Waals surface area contributed by atoms with E-state index in [1.807, 2.05) is 6.92 Å². The Bertz CT molecular complexity index is 494. The number of nitrogens with zero attached hydrogens (tertiary/aromatic N) is 3. The first-order chi connectivity index (χ1) is 8.97. The van der Waals surface area contributed by atoms with Crippen molar-refractivity contribution in [2.75, 3.05) is 13.6 Å². The molecule has 1 aromatic heterocycles. The van der Waals surface area contributed by atoms with E-state index in [0.717, 1.165) is 11.8 Å². The van der Waals surface area contributed by atoms with Crippen LogP contribution in [-0.4, -0.2) is 28.4 Å². The molecule has 0 saturated heterocycles. The van der Waals surface area contributed by atoms with Crippen LogP contribution in [-0.2, 0) is 6.54 Å². The number of rotatable bonds is 6. The normalized spacial score (nSPS) is 11.3. The van der Waals surface area contributed by atoms with Gasteiger partial charge in [0, 0.05) is 31.9 Å². The Labute approximate surface area is 121 Å². The van der Waals surface area contributed by atoms with E-state index in [1.165, 1.54) is 0 Å². The minimum atomic E-state index is -0.504. The van der Waals surface area contributed by atoms with Gasteiger partial charge in [0.25, 0.3) is 6.20 Å². The van der Waals surface area contributed by atoms with E-state index in [1.54, 1.807) is 24.2 Å². The molecule has 0 radical (unpaired) electrons. The van der Waals surface area contributed by atoms with E-state index in [9.17, 15) is 10.1 Å². The molecular formula is C11H14Cl2N4O2. The zero-order valence-electron chi connectivity index (χ0n) is 10.6. The van der Waals surface area contributed by atoms with Gasteiger partial charge >= 0.3 is 0 Å². The first-order valence-corrected chi connectivity index (χ1v) is 6.31. The molecule has 0 atom stereocenters. The van der Waals surface area contributed by atoms with Crippen molar-refractivity contribution in [3.05, 3.63) is 50.1 Å². The molecule has 0 bridgehead atoms. The van der Waals surface area contributed by atoms with Gasteiger partial charge in [-0.05, 0) is 13.0 Å². The maximum atomic E-state index is 10.6. The highest BCUT2D eigenvalue weighted by Crippen LogP contribution is 2.21. The van der Waals surface area contributed by atoms with Crippen LogP contribution >= 0.6 is 23.2 Å². The van der Waals surface area contributed by atoms with Crippen molar-refractivity contribution in [1.82, 2.24) is 15.2 Å². The number of hydrogen-bond donors (Lipinski definition) is 1. The van der Waals surface area contributed by atoms with Gasteiger partial charge in [0.05, 0.1) is 9.95 Å². The molecule has 0 aliphatic carbocycles. The van der Waals surface area contributed by atoms with Crippen molar-refractivity contribution in [1.29, 1.82) is 0 Å². The molecule has 1 heterocycles. The second kappa shape index (κ2) is 7.16. The van der Waals surface area contributed by atoms with E-state index in [2.05, 4.69) is 10.3 Å². The van der Waals surface area contributed by atoms with Crippen LogP contribution in [0.3, 0.4) is 0 Å². The van der Waals surface area contributed by atoms with Gasteiger partial charge in [0.2, 0.25) is 0 Å². The standard InChI is InChI=1S/C11H14Cl2N4O2/c1-3-16(11(14-2)7-17(18)19)6-8-5-15-10(13)4-9(8)12/h4-5,7,14H,3,6H2,1-2H3. The van der Waals surface area contributed by atoms with Gasteiger partial charge in [-0.1, -0.05) is 23.2 Å². The summed E-state index contributed by atoms with van der Waals surface area (Å²) in [5, 5.41) is 14.1. The lowest BCUT2D eigenvalue weighted by Crippen LogP contribution is -2.30. The van der Waals surface area contributed by atoms with Crippen LogP contribution < -0.4 is 5.32 Å². The van der Waals surface area contributed by atoms with Crippen LogP contribution in [0.2, 0.25) is 10.2 Å². The van der Waals surface area contributed by atoms with Crippen molar-refractivity contribution < 1.29 is 4.92 Å². The molecule has 1 N–H and O–H groups in total. The minimum absolute atomic E-state index is 0.312. The first-order valence-electron chi connectivity index (χ1n) is 5.55. The summed E-state index contributed by atoms with van der Waals surface area (Å²) in [6.45, 7) is 2.88. The topological polar surface area (TPSA) is 71.3 Å². The third kappa shape index (κ3) is 4.57. The summed E-state index contributed by atoms with van der Waals surface area (Å²) < 4.78 is 0. The molecule has 0 unspecified atom stereocenters. The molecule has 19 heavy (non-hydrogen) atoms. The number of hydrogen-bond acceptors (Lipinski definition) is 5. The van der Waals surface area contributed by atoms with E-state index < -0.39 is 4.92 Å². The summed E-state index contributed by atoms with van der Waals surface area (Å²) >= 11 is 11.8. The highest BCUT2D eigenvalue weighted by atomic mass is 35.5. The summed E-state index contributed by atoms with van der Waals surface area (Å²) in [6.07, 6.45) is 2.48. The Balaban J connectivity index is 2.95. The number of pyridine rings is 1. The molecule has 1 aromatic rings. The van der Waals surface area contributed by atoms with Gasteiger partial charge in [-0.2, -0.15) is 0 Å². The number of nitrogens with one attached hydrogen (secondary N) is 1. The Hall–Kier alpha value is -1.53. The fraction of sp³-hybridized carbons (Fsp3) is 0.364. The van der Waals surface area contributed by atoms with Crippen LogP contribution in [0.25, 0.3) is 0 Å². The van der Waals surface area contributed by atoms with E-state index >= 15 is 0 Å². The number of aromatic nitrogens is 1. The lowest BCUT2D eigenvalue weighted by molar-refractivity contribution is -0.404. The molecule has 0 aromatic carbocycles. The minimum Gasteiger partial charge on any atom is -0.370 e. The monoisotopic (exact) mass is 304 g/mol. The van der Waals surface area contributed by atoms with Crippen molar-refractivity contribution >= 4 is 23.2 Å². The van der Waals surface area contributed by atoms with Crippen LogP contribution in [0.4, 0.5) is 0 Å². The lowest BCUT2D eigenvalue weighted by atomic mass is 10.2. The predicted octanol–water partition coefficient (Wildman–Crippen LogP) is 2.51. The maximum Gasteiger partial charge on any atom is 0.274 e. The fourth-order valence-electron chi connectivity index (χ4n) is 1.53. The summed E-state index contributed by atoms with van der Waals surface area (Å²) in [6, 6.07) is 1.54. The third-order valence-corrected chi connectivity index (χ3v) is 3.02. The van der Waals surface area contributed by atoms with Gasteiger partial charge < -0.3 is 10.2 Å². The quantitative estimate of drug-likeness (QED) is 0.497. The van der Waals surface area contributed by atoms with Gasteiger partial charge in [-0.25, -0.2) is 4.98 Å².